The van der Waals surface area contributed by atoms with Crippen molar-refractivity contribution in [2.45, 2.75) is 39.7 Å². The van der Waals surface area contributed by atoms with Gasteiger partial charge in [-0.2, -0.15) is 5.10 Å². The van der Waals surface area contributed by atoms with E-state index < -0.39 is 0 Å². The van der Waals surface area contributed by atoms with Gasteiger partial charge in [-0.3, -0.25) is 9.59 Å². The fourth-order valence-corrected chi connectivity index (χ4v) is 3.84. The second-order valence-corrected chi connectivity index (χ2v) is 7.44. The maximum atomic E-state index is 12.6. The molecule has 4 rings (SSSR count). The van der Waals surface area contributed by atoms with Crippen LogP contribution in [0.25, 0.3) is 5.82 Å². The van der Waals surface area contributed by atoms with Crippen molar-refractivity contribution in [3.05, 3.63) is 29.3 Å². The Morgan fingerprint density at radius 1 is 1.07 bits per heavy atom. The van der Waals surface area contributed by atoms with Crippen molar-refractivity contribution in [1.82, 2.24) is 30.0 Å². The van der Waals surface area contributed by atoms with E-state index in [0.29, 0.717) is 44.8 Å². The highest BCUT2D eigenvalue weighted by molar-refractivity contribution is 5.90. The minimum Gasteiger partial charge on any atom is -0.353 e. The van der Waals surface area contributed by atoms with Crippen molar-refractivity contribution in [1.29, 1.82) is 0 Å². The van der Waals surface area contributed by atoms with Gasteiger partial charge in [-0.05, 0) is 33.3 Å². The molecular weight excluding hydrogens is 358 g/mol. The van der Waals surface area contributed by atoms with Gasteiger partial charge in [0.1, 0.15) is 17.7 Å². The Labute approximate surface area is 163 Å². The van der Waals surface area contributed by atoms with Crippen LogP contribution in [0, 0.1) is 20.8 Å². The first-order chi connectivity index (χ1) is 13.4. The van der Waals surface area contributed by atoms with E-state index in [-0.39, 0.29) is 17.9 Å². The highest BCUT2D eigenvalue weighted by Crippen LogP contribution is 2.19. The summed E-state index contributed by atoms with van der Waals surface area (Å²) in [6.45, 7) is 8.46. The number of anilines is 1. The van der Waals surface area contributed by atoms with Crippen LogP contribution < -0.4 is 10.2 Å². The third kappa shape index (κ3) is 3.56. The standard InChI is InChI=1S/C19H25N7O2/c1-12-10-13(2)26(23-12)17-11-16(20-14(3)21-17)24-6-8-25(9-7-24)19(28)15-4-5-18(27)22-15/h10-11,15H,4-9H2,1-3H3,(H,22,27). The molecule has 2 aliphatic heterocycles. The van der Waals surface area contributed by atoms with Gasteiger partial charge in [-0.25, -0.2) is 14.6 Å². The normalized spacial score (nSPS) is 19.8. The molecule has 9 nitrogen and oxygen atoms in total. The molecule has 4 heterocycles. The number of aryl methyl sites for hydroxylation is 3. The highest BCUT2D eigenvalue weighted by Gasteiger charge is 2.32. The van der Waals surface area contributed by atoms with Gasteiger partial charge in [0.25, 0.3) is 0 Å². The Bertz CT molecular complexity index is 915. The van der Waals surface area contributed by atoms with E-state index in [1.807, 2.05) is 42.5 Å². The summed E-state index contributed by atoms with van der Waals surface area (Å²) in [5, 5.41) is 7.27. The Kier molecular flexibility index (Phi) is 4.74. The minimum absolute atomic E-state index is 0.0210. The van der Waals surface area contributed by atoms with Crippen molar-refractivity contribution >= 4 is 17.6 Å². The average Bonchev–Trinajstić information content (AvgIpc) is 3.25. The van der Waals surface area contributed by atoms with Gasteiger partial charge >= 0.3 is 0 Å². The molecule has 2 aromatic heterocycles. The van der Waals surface area contributed by atoms with E-state index in [4.69, 9.17) is 0 Å². The van der Waals surface area contributed by atoms with Crippen molar-refractivity contribution < 1.29 is 9.59 Å². The maximum absolute atomic E-state index is 12.6. The summed E-state index contributed by atoms with van der Waals surface area (Å²) in [5.74, 6) is 2.27. The van der Waals surface area contributed by atoms with Crippen molar-refractivity contribution in [3.63, 3.8) is 0 Å². The molecule has 148 valence electrons. The molecule has 2 saturated heterocycles. The zero-order valence-electron chi connectivity index (χ0n) is 16.5. The number of aromatic nitrogens is 4. The lowest BCUT2D eigenvalue weighted by Gasteiger charge is -2.36. The lowest BCUT2D eigenvalue weighted by molar-refractivity contribution is -0.134. The molecule has 0 radical (unpaired) electrons. The Morgan fingerprint density at radius 3 is 2.39 bits per heavy atom. The van der Waals surface area contributed by atoms with Gasteiger partial charge in [-0.15, -0.1) is 0 Å². The van der Waals surface area contributed by atoms with Crippen molar-refractivity contribution in [2.24, 2.45) is 0 Å². The smallest absolute Gasteiger partial charge is 0.245 e. The van der Waals surface area contributed by atoms with Crippen LogP contribution in [0.2, 0.25) is 0 Å². The molecular formula is C19H25N7O2. The highest BCUT2D eigenvalue weighted by atomic mass is 16.2. The van der Waals surface area contributed by atoms with Crippen LogP contribution >= 0.6 is 0 Å². The van der Waals surface area contributed by atoms with Crippen molar-refractivity contribution in [2.75, 3.05) is 31.1 Å². The first-order valence-electron chi connectivity index (χ1n) is 9.63. The number of carbonyl (C=O) groups is 2. The minimum atomic E-state index is -0.363. The van der Waals surface area contributed by atoms with E-state index in [9.17, 15) is 9.59 Å². The number of hydrogen-bond acceptors (Lipinski definition) is 6. The van der Waals surface area contributed by atoms with Crippen LogP contribution in [-0.4, -0.2) is 68.7 Å². The predicted octanol–water partition coefficient (Wildman–Crippen LogP) is 0.515. The summed E-state index contributed by atoms with van der Waals surface area (Å²) >= 11 is 0. The SMILES string of the molecule is Cc1cc(C)n(-c2cc(N3CCN(C(=O)C4CCC(=O)N4)CC3)nc(C)n2)n1. The molecule has 0 aliphatic carbocycles. The second kappa shape index (κ2) is 7.21. The number of nitrogens with zero attached hydrogens (tertiary/aromatic N) is 6. The molecule has 0 spiro atoms. The molecule has 2 aliphatic rings. The van der Waals surface area contributed by atoms with Gasteiger partial charge in [0.15, 0.2) is 5.82 Å². The molecule has 2 amide bonds. The maximum Gasteiger partial charge on any atom is 0.245 e. The molecule has 1 unspecified atom stereocenters. The lowest BCUT2D eigenvalue weighted by atomic mass is 10.2. The first-order valence-corrected chi connectivity index (χ1v) is 9.63. The summed E-state index contributed by atoms with van der Waals surface area (Å²) in [6.07, 6.45) is 1.03. The Morgan fingerprint density at radius 2 is 1.79 bits per heavy atom. The number of piperazine rings is 1. The largest absolute Gasteiger partial charge is 0.353 e. The van der Waals surface area contributed by atoms with Crippen LogP contribution in [0.1, 0.15) is 30.1 Å². The second-order valence-electron chi connectivity index (χ2n) is 7.44. The monoisotopic (exact) mass is 383 g/mol. The van der Waals surface area contributed by atoms with Crippen LogP contribution in [-0.2, 0) is 9.59 Å². The quantitative estimate of drug-likeness (QED) is 0.830. The molecule has 1 atom stereocenters. The molecule has 9 heteroatoms. The summed E-state index contributed by atoms with van der Waals surface area (Å²) in [6, 6.07) is 3.60. The van der Waals surface area contributed by atoms with Gasteiger partial charge in [0.05, 0.1) is 5.69 Å². The van der Waals surface area contributed by atoms with Gasteiger partial charge in [-0.1, -0.05) is 0 Å². The third-order valence-corrected chi connectivity index (χ3v) is 5.25. The number of hydrogen-bond donors (Lipinski definition) is 1. The molecule has 28 heavy (non-hydrogen) atoms. The fraction of sp³-hybridized carbons (Fsp3) is 0.526. The number of carbonyl (C=O) groups excluding carboxylic acids is 2. The average molecular weight is 383 g/mol. The van der Waals surface area contributed by atoms with Crippen LogP contribution in [0.15, 0.2) is 12.1 Å². The van der Waals surface area contributed by atoms with Crippen LogP contribution in [0.3, 0.4) is 0 Å². The molecule has 0 bridgehead atoms. The van der Waals surface area contributed by atoms with Crippen LogP contribution in [0.5, 0.6) is 0 Å². The Balaban J connectivity index is 1.47. The third-order valence-electron chi connectivity index (χ3n) is 5.25. The van der Waals surface area contributed by atoms with E-state index in [2.05, 4.69) is 25.3 Å². The zero-order chi connectivity index (χ0) is 19.8. The number of amides is 2. The van der Waals surface area contributed by atoms with Gasteiger partial charge < -0.3 is 15.1 Å². The number of rotatable bonds is 3. The fourth-order valence-electron chi connectivity index (χ4n) is 3.84. The molecule has 2 aromatic rings. The van der Waals surface area contributed by atoms with E-state index in [1.54, 1.807) is 0 Å². The van der Waals surface area contributed by atoms with Gasteiger partial charge in [0, 0.05) is 44.4 Å². The Hall–Kier alpha value is -2.97. The molecule has 0 aromatic carbocycles. The number of nitrogens with one attached hydrogen (secondary N) is 1. The summed E-state index contributed by atoms with van der Waals surface area (Å²) < 4.78 is 1.83. The summed E-state index contributed by atoms with van der Waals surface area (Å²) in [4.78, 5) is 37.1. The van der Waals surface area contributed by atoms with Gasteiger partial charge in [0.2, 0.25) is 11.8 Å². The zero-order valence-corrected chi connectivity index (χ0v) is 16.5. The van der Waals surface area contributed by atoms with E-state index in [0.717, 1.165) is 23.0 Å². The van der Waals surface area contributed by atoms with Crippen LogP contribution in [0.4, 0.5) is 5.82 Å². The molecule has 0 saturated carbocycles. The van der Waals surface area contributed by atoms with E-state index in [1.165, 1.54) is 0 Å². The lowest BCUT2D eigenvalue weighted by Crippen LogP contribution is -2.53. The predicted molar refractivity (Wildman–Crippen MR) is 103 cm³/mol. The molecule has 2 fully saturated rings. The van der Waals surface area contributed by atoms with Crippen molar-refractivity contribution in [3.8, 4) is 5.82 Å². The molecule has 1 N–H and O–H groups in total. The topological polar surface area (TPSA) is 96.2 Å². The summed E-state index contributed by atoms with van der Waals surface area (Å²) in [5.41, 5.74) is 1.97. The summed E-state index contributed by atoms with van der Waals surface area (Å²) in [7, 11) is 0. The van der Waals surface area contributed by atoms with E-state index >= 15 is 0 Å². The first kappa shape index (κ1) is 18.4.